The Bertz CT molecular complexity index is 249. The molecule has 0 aromatic carbocycles. The summed E-state index contributed by atoms with van der Waals surface area (Å²) in [7, 11) is 0. The first-order chi connectivity index (χ1) is 7.25. The lowest BCUT2D eigenvalue weighted by molar-refractivity contribution is -0.144. The van der Waals surface area contributed by atoms with Crippen LogP contribution in [0.15, 0.2) is 0 Å². The number of carbonyl (C=O) groups excluding carboxylic acids is 1. The third kappa shape index (κ3) is 5.14. The molecule has 0 bridgehead atoms. The van der Waals surface area contributed by atoms with Crippen LogP contribution >= 0.6 is 0 Å². The molecule has 0 rings (SSSR count). The van der Waals surface area contributed by atoms with E-state index in [1.54, 1.807) is 11.8 Å². The van der Waals surface area contributed by atoms with Gasteiger partial charge in [-0.2, -0.15) is 0 Å². The molecule has 0 aromatic rings. The smallest absolute Gasteiger partial charge is 0.308 e. The van der Waals surface area contributed by atoms with Crippen LogP contribution in [0.25, 0.3) is 0 Å². The van der Waals surface area contributed by atoms with E-state index in [0.29, 0.717) is 19.0 Å². The van der Waals surface area contributed by atoms with Crippen LogP contribution in [-0.4, -0.2) is 35.0 Å². The molecule has 1 N–H and O–H groups in total. The van der Waals surface area contributed by atoms with Crippen molar-refractivity contribution < 1.29 is 14.7 Å². The molecule has 0 aliphatic heterocycles. The van der Waals surface area contributed by atoms with Gasteiger partial charge >= 0.3 is 5.97 Å². The van der Waals surface area contributed by atoms with Gasteiger partial charge in [0.05, 0.1) is 5.92 Å². The Hall–Kier alpha value is -1.06. The summed E-state index contributed by atoms with van der Waals surface area (Å²) in [4.78, 5) is 24.3. The fourth-order valence-corrected chi connectivity index (χ4v) is 1.47. The summed E-state index contributed by atoms with van der Waals surface area (Å²) in [5, 5.41) is 8.85. The van der Waals surface area contributed by atoms with Crippen LogP contribution in [0.2, 0.25) is 0 Å². The molecule has 0 aliphatic rings. The van der Waals surface area contributed by atoms with Crippen molar-refractivity contribution in [1.82, 2.24) is 4.90 Å². The minimum Gasteiger partial charge on any atom is -0.481 e. The number of aliphatic carboxylic acids is 1. The van der Waals surface area contributed by atoms with Crippen LogP contribution in [-0.2, 0) is 9.59 Å². The highest BCUT2D eigenvalue weighted by Gasteiger charge is 2.22. The fraction of sp³-hybridized carbons (Fsp3) is 0.833. The molecule has 1 unspecified atom stereocenters. The van der Waals surface area contributed by atoms with Gasteiger partial charge in [-0.25, -0.2) is 0 Å². The van der Waals surface area contributed by atoms with Crippen LogP contribution in [0.3, 0.4) is 0 Å². The van der Waals surface area contributed by atoms with Crippen molar-refractivity contribution in [3.63, 3.8) is 0 Å². The van der Waals surface area contributed by atoms with Crippen molar-refractivity contribution in [3.8, 4) is 0 Å². The number of nitrogens with zero attached hydrogens (tertiary/aromatic N) is 1. The molecule has 1 amide bonds. The molecular weight excluding hydrogens is 206 g/mol. The predicted molar refractivity (Wildman–Crippen MR) is 63.1 cm³/mol. The Labute approximate surface area is 97.6 Å². The third-order valence-corrected chi connectivity index (χ3v) is 2.31. The van der Waals surface area contributed by atoms with Gasteiger partial charge in [0.15, 0.2) is 0 Å². The zero-order chi connectivity index (χ0) is 12.9. The van der Waals surface area contributed by atoms with Gasteiger partial charge in [0, 0.05) is 19.0 Å². The Morgan fingerprint density at radius 3 is 1.88 bits per heavy atom. The number of hydrogen-bond donors (Lipinski definition) is 1. The maximum Gasteiger partial charge on any atom is 0.308 e. The summed E-state index contributed by atoms with van der Waals surface area (Å²) >= 11 is 0. The molecule has 94 valence electrons. The first-order valence-electron chi connectivity index (χ1n) is 5.77. The van der Waals surface area contributed by atoms with Crippen LogP contribution in [0.5, 0.6) is 0 Å². The van der Waals surface area contributed by atoms with E-state index in [9.17, 15) is 9.59 Å². The standard InChI is InChI=1S/C12H23NO3/c1-8(2)6-13(11(14)9(3)4)7-10(5)12(15)16/h8-10H,6-7H2,1-5H3,(H,15,16). The normalized spacial score (nSPS) is 12.9. The van der Waals surface area contributed by atoms with Gasteiger partial charge < -0.3 is 10.0 Å². The first kappa shape index (κ1) is 14.9. The fourth-order valence-electron chi connectivity index (χ4n) is 1.47. The molecule has 0 radical (unpaired) electrons. The van der Waals surface area contributed by atoms with Gasteiger partial charge in [-0.1, -0.05) is 34.6 Å². The number of hydrogen-bond acceptors (Lipinski definition) is 2. The molecule has 0 saturated carbocycles. The highest BCUT2D eigenvalue weighted by atomic mass is 16.4. The molecule has 4 nitrogen and oxygen atoms in total. The minimum atomic E-state index is -0.856. The summed E-state index contributed by atoms with van der Waals surface area (Å²) in [6, 6.07) is 0. The zero-order valence-corrected chi connectivity index (χ0v) is 10.9. The monoisotopic (exact) mass is 229 g/mol. The number of carboxylic acid groups (broad SMARTS) is 1. The van der Waals surface area contributed by atoms with Crippen molar-refractivity contribution in [3.05, 3.63) is 0 Å². The summed E-state index contributed by atoms with van der Waals surface area (Å²) in [5.41, 5.74) is 0. The molecule has 0 fully saturated rings. The van der Waals surface area contributed by atoms with Crippen LogP contribution in [0.4, 0.5) is 0 Å². The van der Waals surface area contributed by atoms with Gasteiger partial charge in [-0.3, -0.25) is 9.59 Å². The lowest BCUT2D eigenvalue weighted by atomic mass is 10.1. The van der Waals surface area contributed by atoms with E-state index >= 15 is 0 Å². The van der Waals surface area contributed by atoms with E-state index in [1.165, 1.54) is 0 Å². The van der Waals surface area contributed by atoms with Gasteiger partial charge in [0.25, 0.3) is 0 Å². The van der Waals surface area contributed by atoms with E-state index in [0.717, 1.165) is 0 Å². The van der Waals surface area contributed by atoms with E-state index < -0.39 is 11.9 Å². The SMILES string of the molecule is CC(C)CN(CC(C)C(=O)O)C(=O)C(C)C. The maximum absolute atomic E-state index is 11.9. The Balaban J connectivity index is 4.55. The number of carbonyl (C=O) groups is 2. The lowest BCUT2D eigenvalue weighted by Gasteiger charge is -2.27. The molecule has 0 heterocycles. The minimum absolute atomic E-state index is 0.0294. The molecule has 1 atom stereocenters. The first-order valence-corrected chi connectivity index (χ1v) is 5.77. The molecule has 4 heteroatoms. The summed E-state index contributed by atoms with van der Waals surface area (Å²) in [6.07, 6.45) is 0. The van der Waals surface area contributed by atoms with E-state index in [2.05, 4.69) is 0 Å². The summed E-state index contributed by atoms with van der Waals surface area (Å²) in [6.45, 7) is 10.3. The van der Waals surface area contributed by atoms with E-state index in [-0.39, 0.29) is 11.8 Å². The van der Waals surface area contributed by atoms with E-state index in [1.807, 2.05) is 27.7 Å². The van der Waals surface area contributed by atoms with Crippen molar-refractivity contribution in [2.45, 2.75) is 34.6 Å². The van der Waals surface area contributed by atoms with E-state index in [4.69, 9.17) is 5.11 Å². The lowest BCUT2D eigenvalue weighted by Crippen LogP contribution is -2.41. The van der Waals surface area contributed by atoms with Crippen LogP contribution < -0.4 is 0 Å². The molecule has 0 spiro atoms. The molecule has 16 heavy (non-hydrogen) atoms. The van der Waals surface area contributed by atoms with Crippen molar-refractivity contribution in [1.29, 1.82) is 0 Å². The Morgan fingerprint density at radius 2 is 1.56 bits per heavy atom. The van der Waals surface area contributed by atoms with Gasteiger partial charge in [-0.05, 0) is 5.92 Å². The summed E-state index contributed by atoms with van der Waals surface area (Å²) in [5.74, 6) is -1.07. The Kier molecular flexibility index (Phi) is 6.08. The second kappa shape index (κ2) is 6.51. The zero-order valence-electron chi connectivity index (χ0n) is 10.9. The number of rotatable bonds is 6. The van der Waals surface area contributed by atoms with Crippen LogP contribution in [0, 0.1) is 17.8 Å². The highest BCUT2D eigenvalue weighted by molar-refractivity contribution is 5.79. The molecule has 0 aliphatic carbocycles. The third-order valence-electron chi connectivity index (χ3n) is 2.31. The highest BCUT2D eigenvalue weighted by Crippen LogP contribution is 2.09. The average molecular weight is 229 g/mol. The second-order valence-electron chi connectivity index (χ2n) is 5.03. The van der Waals surface area contributed by atoms with Crippen molar-refractivity contribution >= 4 is 11.9 Å². The van der Waals surface area contributed by atoms with Gasteiger partial charge in [0.1, 0.15) is 0 Å². The van der Waals surface area contributed by atoms with Crippen molar-refractivity contribution in [2.24, 2.45) is 17.8 Å². The second-order valence-corrected chi connectivity index (χ2v) is 5.03. The summed E-state index contributed by atoms with van der Waals surface area (Å²) < 4.78 is 0. The average Bonchev–Trinajstić information content (AvgIpc) is 2.14. The van der Waals surface area contributed by atoms with Crippen molar-refractivity contribution in [2.75, 3.05) is 13.1 Å². The largest absolute Gasteiger partial charge is 0.481 e. The molecule has 0 aromatic heterocycles. The van der Waals surface area contributed by atoms with Gasteiger partial charge in [-0.15, -0.1) is 0 Å². The number of carboxylic acids is 1. The Morgan fingerprint density at radius 1 is 1.06 bits per heavy atom. The van der Waals surface area contributed by atoms with Gasteiger partial charge in [0.2, 0.25) is 5.91 Å². The molecule has 0 saturated heterocycles. The quantitative estimate of drug-likeness (QED) is 0.756. The number of amides is 1. The predicted octanol–water partition coefficient (Wildman–Crippen LogP) is 1.85. The maximum atomic E-state index is 11.9. The molecular formula is C12H23NO3. The topological polar surface area (TPSA) is 57.6 Å². The van der Waals surface area contributed by atoms with Crippen LogP contribution in [0.1, 0.15) is 34.6 Å².